The smallest absolute Gasteiger partial charge is 0.293 e. The highest BCUT2D eigenvalue weighted by Crippen LogP contribution is 2.46. The van der Waals surface area contributed by atoms with E-state index >= 15 is 0 Å². The highest BCUT2D eigenvalue weighted by atomic mass is 32.2. The van der Waals surface area contributed by atoms with Gasteiger partial charge < -0.3 is 15.8 Å². The normalized spacial score (nSPS) is 24.2. The van der Waals surface area contributed by atoms with Gasteiger partial charge in [-0.2, -0.15) is 0 Å². The van der Waals surface area contributed by atoms with E-state index in [4.69, 9.17) is 10.5 Å². The van der Waals surface area contributed by atoms with E-state index in [0.717, 1.165) is 12.4 Å². The Kier molecular flexibility index (Phi) is 4.98. The summed E-state index contributed by atoms with van der Waals surface area (Å²) in [5.41, 5.74) is 5.85. The molecule has 0 aliphatic carbocycles. The molecule has 0 saturated carbocycles. The van der Waals surface area contributed by atoms with Crippen LogP contribution in [-0.2, 0) is 10.3 Å². The summed E-state index contributed by atoms with van der Waals surface area (Å²) in [4.78, 5) is 24.2. The summed E-state index contributed by atoms with van der Waals surface area (Å²) >= 11 is 1.42. The van der Waals surface area contributed by atoms with Gasteiger partial charge in [-0.25, -0.2) is 18.7 Å². The van der Waals surface area contributed by atoms with Gasteiger partial charge in [-0.15, -0.1) is 0 Å². The number of hydrogen-bond donors (Lipinski definition) is 2. The van der Waals surface area contributed by atoms with Gasteiger partial charge in [0.1, 0.15) is 5.82 Å². The molecule has 2 aliphatic heterocycles. The zero-order valence-corrected chi connectivity index (χ0v) is 15.5. The molecule has 3 heterocycles. The van der Waals surface area contributed by atoms with Crippen LogP contribution in [0.15, 0.2) is 35.6 Å². The second-order valence-electron chi connectivity index (χ2n) is 6.58. The van der Waals surface area contributed by atoms with Crippen LogP contribution >= 0.6 is 11.8 Å². The maximum atomic E-state index is 14.8. The third kappa shape index (κ3) is 3.45. The number of anilines is 1. The number of nitrogens with zero attached hydrogens (tertiary/aromatic N) is 3. The van der Waals surface area contributed by atoms with E-state index in [0.29, 0.717) is 41.8 Å². The Morgan fingerprint density at radius 2 is 2.11 bits per heavy atom. The van der Waals surface area contributed by atoms with E-state index in [9.17, 15) is 13.6 Å². The molecule has 1 aromatic heterocycles. The molecule has 2 aromatic rings. The van der Waals surface area contributed by atoms with Crippen LogP contribution in [-0.4, -0.2) is 40.0 Å². The van der Waals surface area contributed by atoms with Crippen LogP contribution in [0.1, 0.15) is 22.6 Å². The fourth-order valence-corrected chi connectivity index (χ4v) is 4.48. The number of ether oxygens (including phenoxy) is 1. The van der Waals surface area contributed by atoms with E-state index in [1.807, 2.05) is 0 Å². The molecule has 1 amide bonds. The minimum atomic E-state index is -0.829. The predicted octanol–water partition coefficient (Wildman–Crippen LogP) is 2.30. The van der Waals surface area contributed by atoms with Gasteiger partial charge in [0.2, 0.25) is 5.82 Å². The van der Waals surface area contributed by atoms with Gasteiger partial charge in [-0.3, -0.25) is 9.79 Å². The number of halogens is 2. The molecule has 146 valence electrons. The number of rotatable bonds is 3. The molecule has 2 atom stereocenters. The Bertz CT molecular complexity index is 940. The number of nitrogens with one attached hydrogen (secondary N) is 1. The van der Waals surface area contributed by atoms with E-state index in [-0.39, 0.29) is 11.7 Å². The van der Waals surface area contributed by atoms with Gasteiger partial charge in [0.25, 0.3) is 5.91 Å². The number of carbonyl (C=O) groups is 1. The molecule has 2 aliphatic rings. The lowest BCUT2D eigenvalue weighted by atomic mass is 9.75. The fraction of sp³-hybridized carbons (Fsp3) is 0.333. The average molecular weight is 405 g/mol. The van der Waals surface area contributed by atoms with Crippen LogP contribution in [0.5, 0.6) is 0 Å². The van der Waals surface area contributed by atoms with E-state index in [2.05, 4.69) is 20.3 Å². The Balaban J connectivity index is 1.68. The zero-order chi connectivity index (χ0) is 19.7. The molecule has 1 aromatic carbocycles. The topological polar surface area (TPSA) is 102 Å². The number of amides is 1. The number of carbonyl (C=O) groups excluding carboxylic acids is 1. The highest BCUT2D eigenvalue weighted by Gasteiger charge is 2.47. The second-order valence-corrected chi connectivity index (χ2v) is 7.62. The summed E-state index contributed by atoms with van der Waals surface area (Å²) in [7, 11) is 0. The van der Waals surface area contributed by atoms with Crippen molar-refractivity contribution in [3.63, 3.8) is 0 Å². The van der Waals surface area contributed by atoms with Crippen molar-refractivity contribution in [2.75, 3.05) is 24.3 Å². The minimum Gasteiger partial charge on any atom is -0.381 e. The molecule has 28 heavy (non-hydrogen) atoms. The summed E-state index contributed by atoms with van der Waals surface area (Å²) in [5.74, 6) is -1.23. The molecule has 1 saturated heterocycles. The van der Waals surface area contributed by atoms with E-state index in [1.165, 1.54) is 23.9 Å². The lowest BCUT2D eigenvalue weighted by Gasteiger charge is -2.44. The third-order valence-corrected chi connectivity index (χ3v) is 5.83. The standard InChI is InChI=1S/C18H17F2N5O2S/c19-11-6-22-15(23-7-11)16(26)24-12-1-2-14(20)13(5-12)18-3-4-27-8-10(18)9-28-17(21)25-18/h1-2,5-7,10H,3-4,8-9H2,(H2,21,25)(H,24,26)/t10?,18-/m1/s1. The Labute approximate surface area is 163 Å². The van der Waals surface area contributed by atoms with E-state index < -0.39 is 23.1 Å². The van der Waals surface area contributed by atoms with Crippen molar-refractivity contribution in [1.82, 2.24) is 9.97 Å². The van der Waals surface area contributed by atoms with Crippen LogP contribution in [0, 0.1) is 17.6 Å². The second kappa shape index (κ2) is 7.44. The maximum Gasteiger partial charge on any atom is 0.293 e. The number of amidine groups is 1. The van der Waals surface area contributed by atoms with Crippen molar-refractivity contribution in [2.24, 2.45) is 16.6 Å². The lowest BCUT2D eigenvalue weighted by Crippen LogP contribution is -2.47. The summed E-state index contributed by atoms with van der Waals surface area (Å²) in [6.45, 7) is 0.903. The van der Waals surface area contributed by atoms with Crippen LogP contribution in [0.2, 0.25) is 0 Å². The Morgan fingerprint density at radius 1 is 1.32 bits per heavy atom. The summed E-state index contributed by atoms with van der Waals surface area (Å²) in [5, 5.41) is 3.03. The molecule has 0 radical (unpaired) electrons. The van der Waals surface area contributed by atoms with Gasteiger partial charge in [0.05, 0.1) is 24.5 Å². The Hall–Kier alpha value is -2.59. The van der Waals surface area contributed by atoms with Crippen LogP contribution in [0.25, 0.3) is 0 Å². The molecule has 1 fully saturated rings. The molecular formula is C18H17F2N5O2S. The highest BCUT2D eigenvalue weighted by molar-refractivity contribution is 8.13. The molecule has 10 heteroatoms. The minimum absolute atomic E-state index is 0.0283. The van der Waals surface area contributed by atoms with Crippen LogP contribution < -0.4 is 11.1 Å². The number of benzene rings is 1. The van der Waals surface area contributed by atoms with Crippen LogP contribution in [0.4, 0.5) is 14.5 Å². The zero-order valence-electron chi connectivity index (χ0n) is 14.7. The third-order valence-electron chi connectivity index (χ3n) is 4.88. The summed E-state index contributed by atoms with van der Waals surface area (Å²) < 4.78 is 33.3. The molecule has 1 unspecified atom stereocenters. The monoisotopic (exact) mass is 405 g/mol. The quantitative estimate of drug-likeness (QED) is 0.812. The Morgan fingerprint density at radius 3 is 2.89 bits per heavy atom. The van der Waals surface area contributed by atoms with Gasteiger partial charge in [0, 0.05) is 35.9 Å². The first-order valence-corrected chi connectivity index (χ1v) is 9.61. The van der Waals surface area contributed by atoms with Crippen molar-refractivity contribution in [3.05, 3.63) is 53.6 Å². The number of hydrogen-bond acceptors (Lipinski definition) is 7. The van der Waals surface area contributed by atoms with Gasteiger partial charge in [-0.1, -0.05) is 11.8 Å². The first kappa shape index (κ1) is 18.8. The number of fused-ring (bicyclic) bond motifs is 1. The van der Waals surface area contributed by atoms with Crippen molar-refractivity contribution in [2.45, 2.75) is 12.0 Å². The average Bonchev–Trinajstić information content (AvgIpc) is 2.69. The number of aliphatic imine (C=N–C) groups is 1. The number of thioether (sulfide) groups is 1. The largest absolute Gasteiger partial charge is 0.381 e. The fourth-order valence-electron chi connectivity index (χ4n) is 3.51. The van der Waals surface area contributed by atoms with Crippen LogP contribution in [0.3, 0.4) is 0 Å². The van der Waals surface area contributed by atoms with E-state index in [1.54, 1.807) is 6.07 Å². The number of nitrogens with two attached hydrogens (primary N) is 1. The molecule has 3 N–H and O–H groups in total. The molecule has 0 spiro atoms. The molecule has 0 bridgehead atoms. The first-order valence-electron chi connectivity index (χ1n) is 8.63. The maximum absolute atomic E-state index is 14.8. The van der Waals surface area contributed by atoms with Gasteiger partial charge >= 0.3 is 0 Å². The van der Waals surface area contributed by atoms with Gasteiger partial charge in [0.15, 0.2) is 11.0 Å². The first-order chi connectivity index (χ1) is 13.5. The molecule has 4 rings (SSSR count). The number of aromatic nitrogens is 2. The van der Waals surface area contributed by atoms with Crippen molar-refractivity contribution in [3.8, 4) is 0 Å². The van der Waals surface area contributed by atoms with Gasteiger partial charge in [-0.05, 0) is 18.2 Å². The summed E-state index contributed by atoms with van der Waals surface area (Å²) in [6, 6.07) is 4.28. The molecular weight excluding hydrogens is 388 g/mol. The van der Waals surface area contributed by atoms with Crippen molar-refractivity contribution in [1.29, 1.82) is 0 Å². The van der Waals surface area contributed by atoms with Crippen molar-refractivity contribution < 1.29 is 18.3 Å². The lowest BCUT2D eigenvalue weighted by molar-refractivity contribution is 0.00886. The van der Waals surface area contributed by atoms with Crippen molar-refractivity contribution >= 4 is 28.5 Å². The molecule has 7 nitrogen and oxygen atoms in total. The SMILES string of the molecule is NC1=N[C@]2(c3cc(NC(=O)c4ncc(F)cn4)ccc3F)CCOCC2CS1. The summed E-state index contributed by atoms with van der Waals surface area (Å²) in [6.07, 6.45) is 2.30. The predicted molar refractivity (Wildman–Crippen MR) is 101 cm³/mol.